The smallest absolute Gasteiger partial charge is 0.407 e. The predicted octanol–water partition coefficient (Wildman–Crippen LogP) is 0.835. The minimum atomic E-state index is -0.896. The van der Waals surface area contributed by atoms with Crippen molar-refractivity contribution in [3.63, 3.8) is 0 Å². The number of piperidine rings is 1. The standard InChI is InChI=1S/C11H13ClN4O3/c12-7-5-8-14-11(6-16(8)9(17)13-7)1-3-15(4-2-11)10(18)19/h5,14H,1-4,6H2,(H,18,19). The second kappa shape index (κ2) is 4.12. The van der Waals surface area contributed by atoms with Crippen molar-refractivity contribution in [1.29, 1.82) is 0 Å². The van der Waals surface area contributed by atoms with Crippen LogP contribution in [0.25, 0.3) is 0 Å². The molecule has 19 heavy (non-hydrogen) atoms. The first-order valence-electron chi connectivity index (χ1n) is 6.03. The molecule has 1 aromatic rings. The van der Waals surface area contributed by atoms with E-state index in [-0.39, 0.29) is 16.4 Å². The maximum atomic E-state index is 11.8. The number of halogens is 1. The van der Waals surface area contributed by atoms with Crippen LogP contribution in [-0.4, -0.2) is 44.3 Å². The van der Waals surface area contributed by atoms with Gasteiger partial charge in [-0.15, -0.1) is 0 Å². The summed E-state index contributed by atoms with van der Waals surface area (Å²) in [6.45, 7) is 1.44. The highest BCUT2D eigenvalue weighted by molar-refractivity contribution is 6.29. The van der Waals surface area contributed by atoms with E-state index in [4.69, 9.17) is 16.7 Å². The number of hydrogen-bond acceptors (Lipinski definition) is 4. The number of fused-ring (bicyclic) bond motifs is 1. The Kier molecular flexibility index (Phi) is 2.67. The minimum Gasteiger partial charge on any atom is -0.465 e. The first kappa shape index (κ1) is 12.3. The maximum Gasteiger partial charge on any atom is 0.407 e. The van der Waals surface area contributed by atoms with Gasteiger partial charge >= 0.3 is 11.8 Å². The first-order chi connectivity index (χ1) is 8.99. The third-order valence-corrected chi connectivity index (χ3v) is 4.02. The second-order valence-electron chi connectivity index (χ2n) is 5.01. The zero-order valence-corrected chi connectivity index (χ0v) is 10.9. The summed E-state index contributed by atoms with van der Waals surface area (Å²) in [5.74, 6) is 0.661. The monoisotopic (exact) mass is 284 g/mol. The van der Waals surface area contributed by atoms with Crippen molar-refractivity contribution >= 4 is 23.5 Å². The Labute approximate surface area is 113 Å². The normalized spacial score (nSPS) is 20.2. The summed E-state index contributed by atoms with van der Waals surface area (Å²) in [7, 11) is 0. The van der Waals surface area contributed by atoms with Crippen LogP contribution in [0.15, 0.2) is 10.9 Å². The number of carboxylic acid groups (broad SMARTS) is 1. The van der Waals surface area contributed by atoms with Crippen molar-refractivity contribution in [3.05, 3.63) is 21.7 Å². The summed E-state index contributed by atoms with van der Waals surface area (Å²) in [6.07, 6.45) is 0.433. The van der Waals surface area contributed by atoms with E-state index >= 15 is 0 Å². The van der Waals surface area contributed by atoms with Crippen molar-refractivity contribution in [2.24, 2.45) is 0 Å². The van der Waals surface area contributed by atoms with Gasteiger partial charge in [-0.2, -0.15) is 4.98 Å². The van der Waals surface area contributed by atoms with Crippen LogP contribution in [0.1, 0.15) is 12.8 Å². The Morgan fingerprint density at radius 1 is 1.47 bits per heavy atom. The molecule has 0 unspecified atom stereocenters. The van der Waals surface area contributed by atoms with Crippen molar-refractivity contribution in [2.45, 2.75) is 24.9 Å². The second-order valence-corrected chi connectivity index (χ2v) is 5.40. The SMILES string of the molecule is O=C(O)N1CCC2(CC1)Cn1c(cc(Cl)nc1=O)N2. The highest BCUT2D eigenvalue weighted by atomic mass is 35.5. The number of likely N-dealkylation sites (tertiary alicyclic amines) is 1. The number of hydrogen-bond donors (Lipinski definition) is 2. The topological polar surface area (TPSA) is 87.5 Å². The molecular weight excluding hydrogens is 272 g/mol. The minimum absolute atomic E-state index is 0.170. The molecule has 0 aromatic carbocycles. The number of nitrogens with one attached hydrogen (secondary N) is 1. The molecule has 3 rings (SSSR count). The molecule has 0 saturated carbocycles. The molecule has 1 aromatic heterocycles. The number of anilines is 1. The quantitative estimate of drug-likeness (QED) is 0.689. The van der Waals surface area contributed by atoms with Crippen LogP contribution >= 0.6 is 11.6 Å². The highest BCUT2D eigenvalue weighted by Crippen LogP contribution is 2.34. The van der Waals surface area contributed by atoms with Gasteiger partial charge in [-0.3, -0.25) is 4.57 Å². The highest BCUT2D eigenvalue weighted by Gasteiger charge is 2.41. The van der Waals surface area contributed by atoms with Gasteiger partial charge in [0.05, 0.1) is 12.1 Å². The average molecular weight is 285 g/mol. The van der Waals surface area contributed by atoms with Gasteiger partial charge < -0.3 is 15.3 Å². The summed E-state index contributed by atoms with van der Waals surface area (Å²) < 4.78 is 1.56. The number of carbonyl (C=O) groups is 1. The largest absolute Gasteiger partial charge is 0.465 e. The van der Waals surface area contributed by atoms with E-state index in [1.54, 1.807) is 10.6 Å². The molecule has 1 spiro atoms. The van der Waals surface area contributed by atoms with E-state index in [9.17, 15) is 9.59 Å². The van der Waals surface area contributed by atoms with Crippen molar-refractivity contribution in [2.75, 3.05) is 18.4 Å². The molecule has 3 heterocycles. The number of amides is 1. The van der Waals surface area contributed by atoms with Crippen molar-refractivity contribution in [1.82, 2.24) is 14.5 Å². The van der Waals surface area contributed by atoms with Gasteiger partial charge in [-0.05, 0) is 12.8 Å². The molecule has 2 aliphatic rings. The lowest BCUT2D eigenvalue weighted by Gasteiger charge is -2.37. The lowest BCUT2D eigenvalue weighted by molar-refractivity contribution is 0.120. The summed E-state index contributed by atoms with van der Waals surface area (Å²) >= 11 is 5.77. The molecule has 1 fully saturated rings. The lowest BCUT2D eigenvalue weighted by atomic mass is 9.88. The van der Waals surface area contributed by atoms with Gasteiger partial charge in [0.15, 0.2) is 0 Å². The molecule has 1 saturated heterocycles. The predicted molar refractivity (Wildman–Crippen MR) is 68.7 cm³/mol. The fourth-order valence-electron chi connectivity index (χ4n) is 2.76. The fraction of sp³-hybridized carbons (Fsp3) is 0.545. The Balaban J connectivity index is 1.83. The molecule has 2 N–H and O–H groups in total. The van der Waals surface area contributed by atoms with Gasteiger partial charge in [0, 0.05) is 19.2 Å². The van der Waals surface area contributed by atoms with Crippen LogP contribution in [-0.2, 0) is 6.54 Å². The summed E-state index contributed by atoms with van der Waals surface area (Å²) in [4.78, 5) is 27.7. The number of nitrogens with zero attached hydrogens (tertiary/aromatic N) is 3. The molecule has 102 valence electrons. The molecule has 2 aliphatic heterocycles. The maximum absolute atomic E-state index is 11.8. The molecule has 7 nitrogen and oxygen atoms in total. The molecule has 0 radical (unpaired) electrons. The summed E-state index contributed by atoms with van der Waals surface area (Å²) in [5.41, 5.74) is -0.627. The van der Waals surface area contributed by atoms with Crippen LogP contribution in [0.5, 0.6) is 0 Å². The van der Waals surface area contributed by atoms with E-state index in [0.29, 0.717) is 38.3 Å². The molecule has 0 atom stereocenters. The van der Waals surface area contributed by atoms with E-state index < -0.39 is 6.09 Å². The first-order valence-corrected chi connectivity index (χ1v) is 6.40. The number of aromatic nitrogens is 2. The van der Waals surface area contributed by atoms with E-state index in [0.717, 1.165) is 0 Å². The number of rotatable bonds is 0. The van der Waals surface area contributed by atoms with Crippen LogP contribution in [0.4, 0.5) is 10.6 Å². The zero-order chi connectivity index (χ0) is 13.6. The van der Waals surface area contributed by atoms with E-state index in [1.807, 2.05) is 0 Å². The van der Waals surface area contributed by atoms with E-state index in [2.05, 4.69) is 10.3 Å². The summed E-state index contributed by atoms with van der Waals surface area (Å²) in [5, 5.41) is 12.4. The van der Waals surface area contributed by atoms with Gasteiger partial charge in [-0.25, -0.2) is 9.59 Å². The Morgan fingerprint density at radius 3 is 2.79 bits per heavy atom. The van der Waals surface area contributed by atoms with E-state index in [1.165, 1.54) is 4.90 Å². The van der Waals surface area contributed by atoms with Gasteiger partial charge in [0.2, 0.25) is 0 Å². The molecular formula is C11H13ClN4O3. The fourth-order valence-corrected chi connectivity index (χ4v) is 2.93. The third-order valence-electron chi connectivity index (χ3n) is 3.83. The van der Waals surface area contributed by atoms with Crippen LogP contribution < -0.4 is 11.0 Å². The zero-order valence-electron chi connectivity index (χ0n) is 10.1. The van der Waals surface area contributed by atoms with Crippen LogP contribution in [0.3, 0.4) is 0 Å². The molecule has 0 aliphatic carbocycles. The van der Waals surface area contributed by atoms with Gasteiger partial charge in [0.25, 0.3) is 0 Å². The Bertz CT molecular complexity index is 592. The third kappa shape index (κ3) is 2.03. The van der Waals surface area contributed by atoms with Crippen molar-refractivity contribution in [3.8, 4) is 0 Å². The molecule has 1 amide bonds. The van der Waals surface area contributed by atoms with Gasteiger partial charge in [0.1, 0.15) is 11.0 Å². The van der Waals surface area contributed by atoms with Gasteiger partial charge in [-0.1, -0.05) is 11.6 Å². The van der Waals surface area contributed by atoms with Crippen LogP contribution in [0, 0.1) is 0 Å². The Morgan fingerprint density at radius 2 is 2.16 bits per heavy atom. The Hall–Kier alpha value is -1.76. The van der Waals surface area contributed by atoms with Crippen molar-refractivity contribution < 1.29 is 9.90 Å². The molecule has 8 heteroatoms. The summed E-state index contributed by atoms with van der Waals surface area (Å²) in [6, 6.07) is 1.63. The lowest BCUT2D eigenvalue weighted by Crippen LogP contribution is -2.50. The van der Waals surface area contributed by atoms with Crippen LogP contribution in [0.2, 0.25) is 5.15 Å². The average Bonchev–Trinajstić information content (AvgIpc) is 2.68. The molecule has 0 bridgehead atoms.